The van der Waals surface area contributed by atoms with Crippen molar-refractivity contribution in [2.75, 3.05) is 18.6 Å². The number of rotatable bonds is 1. The molecule has 0 unspecified atom stereocenters. The summed E-state index contributed by atoms with van der Waals surface area (Å²) in [5, 5.41) is 0. The third-order valence-electron chi connectivity index (χ3n) is 2.40. The van der Waals surface area contributed by atoms with Gasteiger partial charge < -0.3 is 9.15 Å². The number of carbonyl (C=O) groups excluding carboxylic acids is 2. The maximum absolute atomic E-state index is 11.2. The minimum atomic E-state index is -0.520. The third kappa shape index (κ3) is 1.49. The highest BCUT2D eigenvalue weighted by Crippen LogP contribution is 2.31. The molecule has 1 amide bonds. The number of furan rings is 1. The molecule has 0 bridgehead atoms. The van der Waals surface area contributed by atoms with Crippen molar-refractivity contribution in [3.63, 3.8) is 0 Å². The van der Waals surface area contributed by atoms with Gasteiger partial charge in [0, 0.05) is 19.0 Å². The zero-order chi connectivity index (χ0) is 11.0. The Labute approximate surface area is 86.6 Å². The van der Waals surface area contributed by atoms with E-state index in [1.54, 1.807) is 6.07 Å². The first kappa shape index (κ1) is 9.76. The van der Waals surface area contributed by atoms with Gasteiger partial charge >= 0.3 is 5.97 Å². The SMILES string of the molecule is COC(=O)c1cc2c(o1)N(C(C)=O)CC2. The van der Waals surface area contributed by atoms with Crippen LogP contribution in [0.3, 0.4) is 0 Å². The number of carbonyl (C=O) groups is 2. The van der Waals surface area contributed by atoms with Gasteiger partial charge in [0.2, 0.25) is 17.6 Å². The lowest BCUT2D eigenvalue weighted by atomic mass is 10.2. The number of amides is 1. The van der Waals surface area contributed by atoms with Crippen LogP contribution in [-0.2, 0) is 16.0 Å². The molecule has 0 aromatic carbocycles. The molecule has 2 rings (SSSR count). The Morgan fingerprint density at radius 2 is 2.27 bits per heavy atom. The van der Waals surface area contributed by atoms with E-state index in [9.17, 15) is 9.59 Å². The summed E-state index contributed by atoms with van der Waals surface area (Å²) in [7, 11) is 1.29. The normalized spacial score (nSPS) is 13.9. The first-order valence-corrected chi connectivity index (χ1v) is 4.62. The molecule has 1 aliphatic heterocycles. The fraction of sp³-hybridized carbons (Fsp3) is 0.400. The summed E-state index contributed by atoms with van der Waals surface area (Å²) < 4.78 is 9.82. The van der Waals surface area contributed by atoms with Gasteiger partial charge in [0.25, 0.3) is 0 Å². The molecule has 0 atom stereocenters. The predicted octanol–water partition coefficient (Wildman–Crippen LogP) is 0.975. The van der Waals surface area contributed by atoms with E-state index in [1.165, 1.54) is 18.9 Å². The molecule has 0 aliphatic carbocycles. The highest BCUT2D eigenvalue weighted by Gasteiger charge is 2.28. The molecule has 1 aromatic rings. The molecule has 1 aliphatic rings. The van der Waals surface area contributed by atoms with Crippen molar-refractivity contribution in [3.05, 3.63) is 17.4 Å². The van der Waals surface area contributed by atoms with Gasteiger partial charge in [0.1, 0.15) is 0 Å². The van der Waals surface area contributed by atoms with E-state index in [4.69, 9.17) is 4.42 Å². The maximum Gasteiger partial charge on any atom is 0.374 e. The van der Waals surface area contributed by atoms with Gasteiger partial charge in [-0.1, -0.05) is 0 Å². The van der Waals surface area contributed by atoms with Crippen LogP contribution in [0, 0.1) is 0 Å². The van der Waals surface area contributed by atoms with E-state index >= 15 is 0 Å². The Morgan fingerprint density at radius 1 is 1.53 bits per heavy atom. The van der Waals surface area contributed by atoms with Crippen molar-refractivity contribution < 1.29 is 18.7 Å². The number of esters is 1. The lowest BCUT2D eigenvalue weighted by Gasteiger charge is -2.10. The highest BCUT2D eigenvalue weighted by molar-refractivity contribution is 5.94. The molecular weight excluding hydrogens is 198 g/mol. The molecule has 0 fully saturated rings. The van der Waals surface area contributed by atoms with E-state index in [1.807, 2.05) is 0 Å². The van der Waals surface area contributed by atoms with Crippen LogP contribution < -0.4 is 4.90 Å². The zero-order valence-electron chi connectivity index (χ0n) is 8.57. The predicted molar refractivity (Wildman–Crippen MR) is 51.8 cm³/mol. The molecule has 15 heavy (non-hydrogen) atoms. The molecule has 0 N–H and O–H groups in total. The molecule has 5 heteroatoms. The number of nitrogens with zero attached hydrogens (tertiary/aromatic N) is 1. The molecule has 0 radical (unpaired) electrons. The van der Waals surface area contributed by atoms with Crippen molar-refractivity contribution in [1.82, 2.24) is 0 Å². The monoisotopic (exact) mass is 209 g/mol. The number of hydrogen-bond acceptors (Lipinski definition) is 4. The quantitative estimate of drug-likeness (QED) is 0.647. The lowest BCUT2D eigenvalue weighted by molar-refractivity contribution is -0.116. The molecule has 2 heterocycles. The van der Waals surface area contributed by atoms with E-state index in [0.29, 0.717) is 12.4 Å². The van der Waals surface area contributed by atoms with Crippen molar-refractivity contribution in [2.45, 2.75) is 13.3 Å². The summed E-state index contributed by atoms with van der Waals surface area (Å²) in [4.78, 5) is 23.9. The fourth-order valence-electron chi connectivity index (χ4n) is 1.66. The van der Waals surface area contributed by atoms with Gasteiger partial charge in [-0.25, -0.2) is 4.79 Å². The molecule has 0 spiro atoms. The fourth-order valence-corrected chi connectivity index (χ4v) is 1.66. The van der Waals surface area contributed by atoms with Crippen LogP contribution in [0.4, 0.5) is 5.88 Å². The standard InChI is InChI=1S/C10H11NO4/c1-6(12)11-4-3-7-5-8(10(13)14-2)15-9(7)11/h5H,3-4H2,1-2H3. The van der Waals surface area contributed by atoms with E-state index in [0.717, 1.165) is 12.0 Å². The Balaban J connectivity index is 2.34. The van der Waals surface area contributed by atoms with Crippen molar-refractivity contribution in [3.8, 4) is 0 Å². The van der Waals surface area contributed by atoms with Crippen LogP contribution >= 0.6 is 0 Å². The average molecular weight is 209 g/mol. The van der Waals surface area contributed by atoms with Gasteiger partial charge in [0.15, 0.2) is 0 Å². The van der Waals surface area contributed by atoms with Crippen LogP contribution in [0.15, 0.2) is 10.5 Å². The lowest BCUT2D eigenvalue weighted by Crippen LogP contribution is -2.25. The Hall–Kier alpha value is -1.78. The Morgan fingerprint density at radius 3 is 2.87 bits per heavy atom. The van der Waals surface area contributed by atoms with Gasteiger partial charge in [-0.3, -0.25) is 9.69 Å². The van der Waals surface area contributed by atoms with Crippen molar-refractivity contribution in [2.24, 2.45) is 0 Å². The van der Waals surface area contributed by atoms with Crippen LogP contribution in [0.1, 0.15) is 23.0 Å². The first-order chi connectivity index (χ1) is 7.13. The average Bonchev–Trinajstić information content (AvgIpc) is 2.73. The van der Waals surface area contributed by atoms with E-state index in [-0.39, 0.29) is 11.7 Å². The number of hydrogen-bond donors (Lipinski definition) is 0. The van der Waals surface area contributed by atoms with Gasteiger partial charge in [-0.05, 0) is 12.5 Å². The second-order valence-corrected chi connectivity index (χ2v) is 3.35. The topological polar surface area (TPSA) is 59.8 Å². The molecule has 0 saturated heterocycles. The summed E-state index contributed by atoms with van der Waals surface area (Å²) >= 11 is 0. The number of methoxy groups -OCH3 is 1. The van der Waals surface area contributed by atoms with Crippen LogP contribution in [0.5, 0.6) is 0 Å². The van der Waals surface area contributed by atoms with E-state index in [2.05, 4.69) is 4.74 Å². The van der Waals surface area contributed by atoms with Gasteiger partial charge in [-0.15, -0.1) is 0 Å². The summed E-state index contributed by atoms with van der Waals surface area (Å²) in [5.74, 6) is 0.0174. The molecule has 5 nitrogen and oxygen atoms in total. The Kier molecular flexibility index (Phi) is 2.22. The largest absolute Gasteiger partial charge is 0.463 e. The van der Waals surface area contributed by atoms with Gasteiger partial charge in [0.05, 0.1) is 7.11 Å². The summed E-state index contributed by atoms with van der Waals surface area (Å²) in [6.45, 7) is 2.08. The van der Waals surface area contributed by atoms with Crippen molar-refractivity contribution in [1.29, 1.82) is 0 Å². The van der Waals surface area contributed by atoms with E-state index < -0.39 is 5.97 Å². The van der Waals surface area contributed by atoms with Crippen LogP contribution in [-0.4, -0.2) is 25.5 Å². The smallest absolute Gasteiger partial charge is 0.374 e. The molecule has 0 saturated carbocycles. The third-order valence-corrected chi connectivity index (χ3v) is 2.40. The number of anilines is 1. The van der Waals surface area contributed by atoms with Crippen LogP contribution in [0.25, 0.3) is 0 Å². The molecule has 80 valence electrons. The Bertz CT molecular complexity index is 421. The minimum absolute atomic E-state index is 0.0838. The van der Waals surface area contributed by atoms with Crippen molar-refractivity contribution >= 4 is 17.8 Å². The molecule has 1 aromatic heterocycles. The summed E-state index contributed by atoms with van der Waals surface area (Å²) in [6.07, 6.45) is 0.718. The summed E-state index contributed by atoms with van der Waals surface area (Å²) in [5.41, 5.74) is 0.880. The second-order valence-electron chi connectivity index (χ2n) is 3.35. The minimum Gasteiger partial charge on any atom is -0.463 e. The highest BCUT2D eigenvalue weighted by atomic mass is 16.5. The molecular formula is C10H11NO4. The summed E-state index contributed by atoms with van der Waals surface area (Å²) in [6, 6.07) is 1.63. The number of fused-ring (bicyclic) bond motifs is 1. The van der Waals surface area contributed by atoms with Gasteiger partial charge in [-0.2, -0.15) is 0 Å². The second kappa shape index (κ2) is 3.42. The maximum atomic E-state index is 11.2. The first-order valence-electron chi connectivity index (χ1n) is 4.62. The zero-order valence-corrected chi connectivity index (χ0v) is 8.57. The van der Waals surface area contributed by atoms with Crippen LogP contribution in [0.2, 0.25) is 0 Å². The number of ether oxygens (including phenoxy) is 1.